The van der Waals surface area contributed by atoms with E-state index in [1.54, 1.807) is 0 Å². The molecule has 0 saturated heterocycles. The standard InChI is InChI=1S/C18H19N3O/c1-3-13-8-10-14(11-9-13)18(22)19-12(2)17-20-15-6-4-5-7-16(15)21-17/h4-12H,3H2,1-2H3,(H,19,22)(H,20,21). The molecule has 0 bridgehead atoms. The first-order chi connectivity index (χ1) is 10.7. The van der Waals surface area contributed by atoms with Crippen LogP contribution in [0.2, 0.25) is 0 Å². The van der Waals surface area contributed by atoms with Crippen LogP contribution in [-0.2, 0) is 6.42 Å². The second-order valence-electron chi connectivity index (χ2n) is 5.38. The molecule has 2 aromatic carbocycles. The van der Waals surface area contributed by atoms with Crippen LogP contribution in [0.1, 0.15) is 41.6 Å². The maximum absolute atomic E-state index is 12.3. The molecule has 3 rings (SSSR count). The van der Waals surface area contributed by atoms with Gasteiger partial charge < -0.3 is 10.3 Å². The molecule has 4 heteroatoms. The molecule has 0 aliphatic rings. The average molecular weight is 293 g/mol. The van der Waals surface area contributed by atoms with E-state index < -0.39 is 0 Å². The van der Waals surface area contributed by atoms with Crippen molar-refractivity contribution in [3.05, 3.63) is 65.5 Å². The number of aromatic amines is 1. The molecule has 2 N–H and O–H groups in total. The third-order valence-electron chi connectivity index (χ3n) is 3.79. The van der Waals surface area contributed by atoms with Crippen molar-refractivity contribution in [2.45, 2.75) is 26.3 Å². The normalized spacial score (nSPS) is 12.3. The van der Waals surface area contributed by atoms with E-state index in [-0.39, 0.29) is 11.9 Å². The number of hydrogen-bond acceptors (Lipinski definition) is 2. The van der Waals surface area contributed by atoms with Crippen LogP contribution in [0.5, 0.6) is 0 Å². The summed E-state index contributed by atoms with van der Waals surface area (Å²) in [5.41, 5.74) is 3.78. The minimum absolute atomic E-state index is 0.0874. The summed E-state index contributed by atoms with van der Waals surface area (Å²) in [7, 11) is 0. The van der Waals surface area contributed by atoms with Gasteiger partial charge in [0.05, 0.1) is 17.1 Å². The minimum atomic E-state index is -0.175. The highest BCUT2D eigenvalue weighted by atomic mass is 16.1. The number of rotatable bonds is 4. The summed E-state index contributed by atoms with van der Waals surface area (Å²) in [5, 5.41) is 2.98. The number of carbonyl (C=O) groups excluding carboxylic acids is 1. The fourth-order valence-corrected chi connectivity index (χ4v) is 2.42. The Balaban J connectivity index is 1.74. The third-order valence-corrected chi connectivity index (χ3v) is 3.79. The minimum Gasteiger partial charge on any atom is -0.342 e. The molecule has 0 aliphatic heterocycles. The van der Waals surface area contributed by atoms with Gasteiger partial charge in [0.25, 0.3) is 5.91 Å². The lowest BCUT2D eigenvalue weighted by molar-refractivity contribution is 0.0938. The maximum Gasteiger partial charge on any atom is 0.251 e. The monoisotopic (exact) mass is 293 g/mol. The Morgan fingerprint density at radius 1 is 1.18 bits per heavy atom. The predicted octanol–water partition coefficient (Wildman–Crippen LogP) is 3.62. The number of nitrogens with one attached hydrogen (secondary N) is 2. The van der Waals surface area contributed by atoms with Gasteiger partial charge in [-0.3, -0.25) is 4.79 Å². The van der Waals surface area contributed by atoms with Crippen molar-refractivity contribution in [3.8, 4) is 0 Å². The number of H-pyrrole nitrogens is 1. The van der Waals surface area contributed by atoms with Crippen LogP contribution in [0, 0.1) is 0 Å². The molecule has 0 saturated carbocycles. The van der Waals surface area contributed by atoms with Gasteiger partial charge in [-0.15, -0.1) is 0 Å². The van der Waals surface area contributed by atoms with E-state index in [0.717, 1.165) is 23.3 Å². The van der Waals surface area contributed by atoms with Crippen LogP contribution in [0.3, 0.4) is 0 Å². The molecule has 4 nitrogen and oxygen atoms in total. The lowest BCUT2D eigenvalue weighted by Crippen LogP contribution is -2.27. The molecule has 1 amide bonds. The van der Waals surface area contributed by atoms with Gasteiger partial charge in [0.1, 0.15) is 5.82 Å². The number of aryl methyl sites for hydroxylation is 1. The predicted molar refractivity (Wildman–Crippen MR) is 87.8 cm³/mol. The van der Waals surface area contributed by atoms with E-state index in [2.05, 4.69) is 22.2 Å². The molecule has 0 aliphatic carbocycles. The van der Waals surface area contributed by atoms with E-state index >= 15 is 0 Å². The van der Waals surface area contributed by atoms with Gasteiger partial charge >= 0.3 is 0 Å². The van der Waals surface area contributed by atoms with E-state index in [1.807, 2.05) is 55.5 Å². The van der Waals surface area contributed by atoms with Gasteiger partial charge in [-0.1, -0.05) is 31.2 Å². The first kappa shape index (κ1) is 14.3. The Morgan fingerprint density at radius 2 is 1.91 bits per heavy atom. The van der Waals surface area contributed by atoms with Crippen LogP contribution in [0.25, 0.3) is 11.0 Å². The summed E-state index contributed by atoms with van der Waals surface area (Å²) >= 11 is 0. The summed E-state index contributed by atoms with van der Waals surface area (Å²) in [6.07, 6.45) is 0.970. The number of imidazole rings is 1. The van der Waals surface area contributed by atoms with Gasteiger partial charge in [-0.2, -0.15) is 0 Å². The first-order valence-electron chi connectivity index (χ1n) is 7.52. The van der Waals surface area contributed by atoms with E-state index in [0.29, 0.717) is 5.56 Å². The number of amides is 1. The fourth-order valence-electron chi connectivity index (χ4n) is 2.42. The Labute approximate surface area is 129 Å². The van der Waals surface area contributed by atoms with E-state index in [9.17, 15) is 4.79 Å². The van der Waals surface area contributed by atoms with Gasteiger partial charge in [0.2, 0.25) is 0 Å². The molecule has 22 heavy (non-hydrogen) atoms. The first-order valence-corrected chi connectivity index (χ1v) is 7.52. The number of benzene rings is 2. The molecule has 0 spiro atoms. The van der Waals surface area contributed by atoms with Crippen molar-refractivity contribution in [2.75, 3.05) is 0 Å². The highest BCUT2D eigenvalue weighted by Crippen LogP contribution is 2.16. The number of para-hydroxylation sites is 2. The van der Waals surface area contributed by atoms with E-state index in [4.69, 9.17) is 0 Å². The summed E-state index contributed by atoms with van der Waals surface area (Å²) in [6, 6.07) is 15.4. The lowest BCUT2D eigenvalue weighted by Gasteiger charge is -2.11. The van der Waals surface area contributed by atoms with Crippen LogP contribution < -0.4 is 5.32 Å². The molecule has 1 atom stereocenters. The van der Waals surface area contributed by atoms with Crippen molar-refractivity contribution in [1.29, 1.82) is 0 Å². The third kappa shape index (κ3) is 2.86. The molecular weight excluding hydrogens is 274 g/mol. The number of carbonyl (C=O) groups is 1. The van der Waals surface area contributed by atoms with Crippen molar-refractivity contribution in [2.24, 2.45) is 0 Å². The summed E-state index contributed by atoms with van der Waals surface area (Å²) in [5.74, 6) is 0.676. The van der Waals surface area contributed by atoms with Gasteiger partial charge in [0.15, 0.2) is 0 Å². The molecule has 0 fully saturated rings. The zero-order valence-electron chi connectivity index (χ0n) is 12.8. The fraction of sp³-hybridized carbons (Fsp3) is 0.222. The van der Waals surface area contributed by atoms with Gasteiger partial charge in [-0.25, -0.2) is 4.98 Å². The summed E-state index contributed by atoms with van der Waals surface area (Å²) < 4.78 is 0. The highest BCUT2D eigenvalue weighted by molar-refractivity contribution is 5.94. The number of aromatic nitrogens is 2. The zero-order valence-corrected chi connectivity index (χ0v) is 12.8. The topological polar surface area (TPSA) is 57.8 Å². The Hall–Kier alpha value is -2.62. The van der Waals surface area contributed by atoms with Crippen molar-refractivity contribution in [1.82, 2.24) is 15.3 Å². The quantitative estimate of drug-likeness (QED) is 0.772. The molecule has 0 radical (unpaired) electrons. The van der Waals surface area contributed by atoms with Gasteiger partial charge in [0, 0.05) is 5.56 Å². The Morgan fingerprint density at radius 3 is 2.59 bits per heavy atom. The Bertz CT molecular complexity index is 756. The molecule has 3 aromatic rings. The molecule has 1 aromatic heterocycles. The lowest BCUT2D eigenvalue weighted by atomic mass is 10.1. The average Bonchev–Trinajstić information content (AvgIpc) is 2.99. The van der Waals surface area contributed by atoms with Crippen molar-refractivity contribution >= 4 is 16.9 Å². The number of nitrogens with zero attached hydrogens (tertiary/aromatic N) is 1. The molecular formula is C18H19N3O. The second kappa shape index (κ2) is 6.02. The van der Waals surface area contributed by atoms with Crippen LogP contribution >= 0.6 is 0 Å². The largest absolute Gasteiger partial charge is 0.342 e. The smallest absolute Gasteiger partial charge is 0.251 e. The SMILES string of the molecule is CCc1ccc(C(=O)NC(C)c2nc3ccccc3[nH]2)cc1. The van der Waals surface area contributed by atoms with Crippen molar-refractivity contribution in [3.63, 3.8) is 0 Å². The summed E-state index contributed by atoms with van der Waals surface area (Å²) in [6.45, 7) is 4.02. The zero-order chi connectivity index (χ0) is 15.5. The number of hydrogen-bond donors (Lipinski definition) is 2. The van der Waals surface area contributed by atoms with Gasteiger partial charge in [-0.05, 0) is 43.2 Å². The van der Waals surface area contributed by atoms with Crippen molar-refractivity contribution < 1.29 is 4.79 Å². The van der Waals surface area contributed by atoms with Crippen LogP contribution in [0.15, 0.2) is 48.5 Å². The molecule has 1 heterocycles. The highest BCUT2D eigenvalue weighted by Gasteiger charge is 2.14. The molecule has 112 valence electrons. The summed E-state index contributed by atoms with van der Waals surface area (Å²) in [4.78, 5) is 20.1. The van der Waals surface area contributed by atoms with Crippen LogP contribution in [0.4, 0.5) is 0 Å². The van der Waals surface area contributed by atoms with E-state index in [1.165, 1.54) is 5.56 Å². The Kier molecular flexibility index (Phi) is 3.92. The molecule has 1 unspecified atom stereocenters. The van der Waals surface area contributed by atoms with Crippen LogP contribution in [-0.4, -0.2) is 15.9 Å². The number of fused-ring (bicyclic) bond motifs is 1. The second-order valence-corrected chi connectivity index (χ2v) is 5.38. The maximum atomic E-state index is 12.3.